The Kier molecular flexibility index (Phi) is 9.17. The number of piperidine rings is 1. The van der Waals surface area contributed by atoms with Crippen LogP contribution in [0.3, 0.4) is 0 Å². The molecular weight excluding hydrogens is 353 g/mol. The lowest BCUT2D eigenvalue weighted by Gasteiger charge is -2.31. The van der Waals surface area contributed by atoms with Crippen molar-refractivity contribution in [3.8, 4) is 10.8 Å². The van der Waals surface area contributed by atoms with E-state index in [9.17, 15) is 0 Å². The highest BCUT2D eigenvalue weighted by molar-refractivity contribution is 7.13. The standard InChI is InChI=1S/C16H23N3OS.2ClH/c1-17-7-4-13-5-8-19(9-6-13)11-14-12-21-16(18-14)15-3-2-10-20-15;;/h2-3,10,12-13,17H,4-9,11H2,1H3;2*1H. The molecule has 0 aliphatic carbocycles. The molecule has 0 bridgehead atoms. The Bertz CT molecular complexity index is 539. The molecule has 2 aromatic heterocycles. The van der Waals surface area contributed by atoms with Gasteiger partial charge in [0.25, 0.3) is 0 Å². The van der Waals surface area contributed by atoms with Gasteiger partial charge in [0.05, 0.1) is 12.0 Å². The topological polar surface area (TPSA) is 41.3 Å². The average molecular weight is 378 g/mol. The lowest BCUT2D eigenvalue weighted by Crippen LogP contribution is -2.34. The van der Waals surface area contributed by atoms with Crippen LogP contribution in [0, 0.1) is 5.92 Å². The summed E-state index contributed by atoms with van der Waals surface area (Å²) in [5, 5.41) is 6.39. The molecule has 0 aromatic carbocycles. The molecule has 23 heavy (non-hydrogen) atoms. The molecule has 1 N–H and O–H groups in total. The van der Waals surface area contributed by atoms with Gasteiger partial charge in [-0.2, -0.15) is 0 Å². The lowest BCUT2D eigenvalue weighted by molar-refractivity contribution is 0.171. The number of hydrogen-bond donors (Lipinski definition) is 1. The summed E-state index contributed by atoms with van der Waals surface area (Å²) in [6, 6.07) is 3.88. The van der Waals surface area contributed by atoms with Crippen molar-refractivity contribution >= 4 is 36.2 Å². The van der Waals surface area contributed by atoms with E-state index >= 15 is 0 Å². The largest absolute Gasteiger partial charge is 0.462 e. The summed E-state index contributed by atoms with van der Waals surface area (Å²) in [6.07, 6.45) is 5.64. The second-order valence-corrected chi connectivity index (χ2v) is 6.59. The van der Waals surface area contributed by atoms with Gasteiger partial charge in [-0.1, -0.05) is 0 Å². The van der Waals surface area contributed by atoms with E-state index in [0.29, 0.717) is 0 Å². The SMILES string of the molecule is CNCCC1CCN(Cc2csc(-c3ccco3)n2)CC1.Cl.Cl. The molecule has 7 heteroatoms. The van der Waals surface area contributed by atoms with Crippen molar-refractivity contribution in [1.29, 1.82) is 0 Å². The molecule has 0 radical (unpaired) electrons. The Labute approximate surface area is 154 Å². The van der Waals surface area contributed by atoms with Crippen LogP contribution in [0.4, 0.5) is 0 Å². The van der Waals surface area contributed by atoms with Crippen molar-refractivity contribution in [1.82, 2.24) is 15.2 Å². The molecule has 0 atom stereocenters. The van der Waals surface area contributed by atoms with Gasteiger partial charge < -0.3 is 9.73 Å². The van der Waals surface area contributed by atoms with E-state index in [-0.39, 0.29) is 24.8 Å². The van der Waals surface area contributed by atoms with E-state index in [1.807, 2.05) is 19.2 Å². The lowest BCUT2D eigenvalue weighted by atomic mass is 9.93. The van der Waals surface area contributed by atoms with Crippen LogP contribution >= 0.6 is 36.2 Å². The summed E-state index contributed by atoms with van der Waals surface area (Å²) in [7, 11) is 2.04. The minimum Gasteiger partial charge on any atom is -0.462 e. The van der Waals surface area contributed by atoms with Gasteiger partial charge in [-0.25, -0.2) is 4.98 Å². The molecule has 1 aliphatic rings. The molecular formula is C16H25Cl2N3OS. The van der Waals surface area contributed by atoms with Crippen molar-refractivity contribution in [2.24, 2.45) is 5.92 Å². The van der Waals surface area contributed by atoms with Crippen LogP contribution in [-0.2, 0) is 6.54 Å². The normalized spacial score (nSPS) is 15.9. The van der Waals surface area contributed by atoms with Crippen molar-refractivity contribution in [3.05, 3.63) is 29.5 Å². The molecule has 1 aliphatic heterocycles. The third-order valence-corrected chi connectivity index (χ3v) is 5.08. The number of thiazole rings is 1. The van der Waals surface area contributed by atoms with Gasteiger partial charge in [-0.15, -0.1) is 36.2 Å². The Morgan fingerprint density at radius 3 is 2.78 bits per heavy atom. The van der Waals surface area contributed by atoms with Crippen LogP contribution in [0.1, 0.15) is 25.0 Å². The molecule has 3 heterocycles. The van der Waals surface area contributed by atoms with Crippen molar-refractivity contribution < 1.29 is 4.42 Å². The third kappa shape index (κ3) is 5.76. The van der Waals surface area contributed by atoms with E-state index in [4.69, 9.17) is 4.42 Å². The Morgan fingerprint density at radius 2 is 2.13 bits per heavy atom. The average Bonchev–Trinajstić information content (AvgIpc) is 3.17. The summed E-state index contributed by atoms with van der Waals surface area (Å²) < 4.78 is 5.40. The summed E-state index contributed by atoms with van der Waals surface area (Å²) in [6.45, 7) is 4.50. The predicted octanol–water partition coefficient (Wildman–Crippen LogP) is 4.07. The summed E-state index contributed by atoms with van der Waals surface area (Å²) in [4.78, 5) is 7.21. The van der Waals surface area contributed by atoms with Gasteiger partial charge in [0, 0.05) is 11.9 Å². The smallest absolute Gasteiger partial charge is 0.162 e. The molecule has 0 amide bonds. The van der Waals surface area contributed by atoms with Crippen molar-refractivity contribution in [2.45, 2.75) is 25.8 Å². The fraction of sp³-hybridized carbons (Fsp3) is 0.562. The van der Waals surface area contributed by atoms with E-state index in [1.54, 1.807) is 17.6 Å². The Hall–Kier alpha value is -0.590. The Balaban J connectivity index is 0.00000132. The first-order valence-electron chi connectivity index (χ1n) is 7.70. The fourth-order valence-electron chi connectivity index (χ4n) is 2.90. The third-order valence-electron chi connectivity index (χ3n) is 4.18. The number of nitrogens with one attached hydrogen (secondary N) is 1. The number of aromatic nitrogens is 1. The van der Waals surface area contributed by atoms with E-state index in [2.05, 4.69) is 20.6 Å². The molecule has 4 nitrogen and oxygen atoms in total. The second-order valence-electron chi connectivity index (χ2n) is 5.73. The molecule has 0 saturated carbocycles. The van der Waals surface area contributed by atoms with Crippen LogP contribution in [0.5, 0.6) is 0 Å². The maximum Gasteiger partial charge on any atom is 0.162 e. The highest BCUT2D eigenvalue weighted by Gasteiger charge is 2.19. The minimum absolute atomic E-state index is 0. The molecule has 1 fully saturated rings. The number of halogens is 2. The molecule has 0 spiro atoms. The zero-order chi connectivity index (χ0) is 14.5. The monoisotopic (exact) mass is 377 g/mol. The van der Waals surface area contributed by atoms with Gasteiger partial charge in [-0.3, -0.25) is 4.90 Å². The highest BCUT2D eigenvalue weighted by atomic mass is 35.5. The number of likely N-dealkylation sites (tertiary alicyclic amines) is 1. The number of hydrogen-bond acceptors (Lipinski definition) is 5. The number of rotatable bonds is 6. The van der Waals surface area contributed by atoms with Crippen LogP contribution < -0.4 is 5.32 Å². The second kappa shape index (κ2) is 10.3. The zero-order valence-electron chi connectivity index (χ0n) is 13.4. The van der Waals surface area contributed by atoms with Crippen LogP contribution in [0.2, 0.25) is 0 Å². The zero-order valence-corrected chi connectivity index (χ0v) is 15.8. The first-order valence-corrected chi connectivity index (χ1v) is 8.58. The molecule has 2 aromatic rings. The van der Waals surface area contributed by atoms with Gasteiger partial charge in [0.1, 0.15) is 0 Å². The summed E-state index contributed by atoms with van der Waals surface area (Å²) in [5.74, 6) is 1.76. The van der Waals surface area contributed by atoms with Gasteiger partial charge in [0.2, 0.25) is 0 Å². The first-order chi connectivity index (χ1) is 10.3. The van der Waals surface area contributed by atoms with Crippen LogP contribution in [-0.4, -0.2) is 36.6 Å². The maximum absolute atomic E-state index is 5.40. The number of furan rings is 1. The van der Waals surface area contributed by atoms with E-state index in [1.165, 1.54) is 38.0 Å². The molecule has 3 rings (SSSR count). The fourth-order valence-corrected chi connectivity index (χ4v) is 3.68. The molecule has 0 unspecified atom stereocenters. The van der Waals surface area contributed by atoms with Gasteiger partial charge >= 0.3 is 0 Å². The number of nitrogens with zero attached hydrogens (tertiary/aromatic N) is 2. The molecule has 1 saturated heterocycles. The predicted molar refractivity (Wildman–Crippen MR) is 101 cm³/mol. The van der Waals surface area contributed by atoms with E-state index in [0.717, 1.165) is 29.8 Å². The first kappa shape index (κ1) is 20.5. The van der Waals surface area contributed by atoms with Crippen molar-refractivity contribution in [3.63, 3.8) is 0 Å². The van der Waals surface area contributed by atoms with Gasteiger partial charge in [0.15, 0.2) is 10.8 Å². The van der Waals surface area contributed by atoms with Crippen LogP contribution in [0.25, 0.3) is 10.8 Å². The molecule has 130 valence electrons. The minimum atomic E-state index is 0. The Morgan fingerprint density at radius 1 is 1.35 bits per heavy atom. The quantitative estimate of drug-likeness (QED) is 0.823. The summed E-state index contributed by atoms with van der Waals surface area (Å²) >= 11 is 1.67. The maximum atomic E-state index is 5.40. The van der Waals surface area contributed by atoms with Crippen molar-refractivity contribution in [2.75, 3.05) is 26.7 Å². The van der Waals surface area contributed by atoms with E-state index < -0.39 is 0 Å². The highest BCUT2D eigenvalue weighted by Crippen LogP contribution is 2.26. The summed E-state index contributed by atoms with van der Waals surface area (Å²) in [5.41, 5.74) is 1.17. The van der Waals surface area contributed by atoms with Gasteiger partial charge in [-0.05, 0) is 64.0 Å². The van der Waals surface area contributed by atoms with Crippen LogP contribution in [0.15, 0.2) is 28.2 Å².